The number of nitrogens with one attached hydrogen (secondary N) is 1. The number of carbonyl (C=O) groups is 2. The molecule has 1 amide bonds. The van der Waals surface area contributed by atoms with Crippen LogP contribution in [0.2, 0.25) is 0 Å². The molecule has 5 nitrogen and oxygen atoms in total. The number of rotatable bonds is 4. The van der Waals surface area contributed by atoms with Crippen LogP contribution < -0.4 is 5.32 Å². The Hall–Kier alpha value is -2.04. The first-order chi connectivity index (χ1) is 10.1. The number of para-hydroxylation sites is 1. The van der Waals surface area contributed by atoms with E-state index in [1.54, 1.807) is 19.9 Å². The summed E-state index contributed by atoms with van der Waals surface area (Å²) < 4.78 is 5.07. The van der Waals surface area contributed by atoms with Crippen LogP contribution in [-0.4, -0.2) is 42.5 Å². The predicted octanol–water partition coefficient (Wildman–Crippen LogP) is 2.29. The average molecular weight is 290 g/mol. The minimum Gasteiger partial charge on any atom is -0.462 e. The van der Waals surface area contributed by atoms with Crippen LogP contribution in [0, 0.1) is 0 Å². The second-order valence-electron chi connectivity index (χ2n) is 5.19. The Kier molecular flexibility index (Phi) is 5.20. The molecule has 0 bridgehead atoms. The Bertz CT molecular complexity index is 508. The first-order valence-electron chi connectivity index (χ1n) is 7.40. The number of hydrogen-bond acceptors (Lipinski definition) is 4. The van der Waals surface area contributed by atoms with E-state index in [1.807, 2.05) is 23.1 Å². The van der Waals surface area contributed by atoms with Crippen molar-refractivity contribution in [1.82, 2.24) is 4.90 Å². The number of amides is 1. The van der Waals surface area contributed by atoms with Gasteiger partial charge < -0.3 is 15.0 Å². The van der Waals surface area contributed by atoms with Crippen LogP contribution in [0.15, 0.2) is 24.3 Å². The fourth-order valence-corrected chi connectivity index (χ4v) is 2.55. The highest BCUT2D eigenvalue weighted by atomic mass is 16.5. The van der Waals surface area contributed by atoms with Crippen molar-refractivity contribution in [3.05, 3.63) is 29.8 Å². The Morgan fingerprint density at radius 2 is 1.95 bits per heavy atom. The maximum absolute atomic E-state index is 11.9. The van der Waals surface area contributed by atoms with Crippen LogP contribution >= 0.6 is 0 Å². The summed E-state index contributed by atoms with van der Waals surface area (Å²) in [5, 5.41) is 3.41. The van der Waals surface area contributed by atoms with E-state index in [4.69, 9.17) is 4.74 Å². The van der Waals surface area contributed by atoms with E-state index in [1.165, 1.54) is 0 Å². The zero-order valence-corrected chi connectivity index (χ0v) is 12.6. The summed E-state index contributed by atoms with van der Waals surface area (Å²) in [6.45, 7) is 5.28. The number of nitrogens with zero attached hydrogens (tertiary/aromatic N) is 1. The first kappa shape index (κ1) is 15.4. The lowest BCUT2D eigenvalue weighted by atomic mass is 10.0. The van der Waals surface area contributed by atoms with Crippen molar-refractivity contribution in [2.24, 2.45) is 0 Å². The highest BCUT2D eigenvalue weighted by Gasteiger charge is 2.22. The second-order valence-corrected chi connectivity index (χ2v) is 5.19. The fraction of sp³-hybridized carbons (Fsp3) is 0.500. The Morgan fingerprint density at radius 3 is 2.57 bits per heavy atom. The summed E-state index contributed by atoms with van der Waals surface area (Å²) in [5.74, 6) is -0.179. The van der Waals surface area contributed by atoms with Gasteiger partial charge >= 0.3 is 5.97 Å². The number of piperidine rings is 1. The van der Waals surface area contributed by atoms with Crippen molar-refractivity contribution in [2.75, 3.05) is 25.0 Å². The average Bonchev–Trinajstić information content (AvgIpc) is 2.48. The number of carbonyl (C=O) groups excluding carboxylic acids is 2. The lowest BCUT2D eigenvalue weighted by Gasteiger charge is -2.32. The van der Waals surface area contributed by atoms with E-state index < -0.39 is 0 Å². The molecule has 0 aliphatic carbocycles. The molecular weight excluding hydrogens is 268 g/mol. The van der Waals surface area contributed by atoms with Gasteiger partial charge in [-0.15, -0.1) is 0 Å². The van der Waals surface area contributed by atoms with Gasteiger partial charge in [0.15, 0.2) is 0 Å². The smallest absolute Gasteiger partial charge is 0.340 e. The zero-order valence-electron chi connectivity index (χ0n) is 12.6. The minimum absolute atomic E-state index is 0.125. The van der Waals surface area contributed by atoms with Gasteiger partial charge in [-0.2, -0.15) is 0 Å². The maximum Gasteiger partial charge on any atom is 0.340 e. The predicted molar refractivity (Wildman–Crippen MR) is 81.3 cm³/mol. The normalized spacial score (nSPS) is 15.6. The second kappa shape index (κ2) is 7.11. The number of likely N-dealkylation sites (tertiary alicyclic amines) is 1. The van der Waals surface area contributed by atoms with Gasteiger partial charge in [-0.1, -0.05) is 12.1 Å². The quantitative estimate of drug-likeness (QED) is 0.864. The molecule has 114 valence electrons. The van der Waals surface area contributed by atoms with Gasteiger partial charge in [0.1, 0.15) is 0 Å². The molecule has 1 aromatic rings. The maximum atomic E-state index is 11.9. The lowest BCUT2D eigenvalue weighted by molar-refractivity contribution is -0.129. The highest BCUT2D eigenvalue weighted by Crippen LogP contribution is 2.21. The van der Waals surface area contributed by atoms with Gasteiger partial charge in [-0.05, 0) is 31.9 Å². The van der Waals surface area contributed by atoms with Gasteiger partial charge in [-0.3, -0.25) is 4.79 Å². The molecule has 1 fully saturated rings. The van der Waals surface area contributed by atoms with E-state index >= 15 is 0 Å². The van der Waals surface area contributed by atoms with Gasteiger partial charge in [0.05, 0.1) is 12.2 Å². The molecule has 1 heterocycles. The fourth-order valence-electron chi connectivity index (χ4n) is 2.55. The highest BCUT2D eigenvalue weighted by molar-refractivity contribution is 5.95. The van der Waals surface area contributed by atoms with Crippen LogP contribution in [-0.2, 0) is 9.53 Å². The van der Waals surface area contributed by atoms with Crippen LogP contribution in [0.5, 0.6) is 0 Å². The number of esters is 1. The summed E-state index contributed by atoms with van der Waals surface area (Å²) in [5.41, 5.74) is 1.37. The monoisotopic (exact) mass is 290 g/mol. The van der Waals surface area contributed by atoms with E-state index in [2.05, 4.69) is 5.32 Å². The van der Waals surface area contributed by atoms with Crippen molar-refractivity contribution in [3.63, 3.8) is 0 Å². The lowest BCUT2D eigenvalue weighted by Crippen LogP contribution is -2.41. The third kappa shape index (κ3) is 3.97. The van der Waals surface area contributed by atoms with Gasteiger partial charge in [0.2, 0.25) is 5.91 Å². The number of ether oxygens (including phenoxy) is 1. The molecule has 5 heteroatoms. The Labute approximate surface area is 125 Å². The number of benzene rings is 1. The summed E-state index contributed by atoms with van der Waals surface area (Å²) in [6, 6.07) is 7.66. The molecule has 2 rings (SSSR count). The molecule has 1 N–H and O–H groups in total. The summed E-state index contributed by atoms with van der Waals surface area (Å²) in [4.78, 5) is 25.1. The van der Waals surface area contributed by atoms with Crippen molar-refractivity contribution < 1.29 is 14.3 Å². The van der Waals surface area contributed by atoms with Crippen LogP contribution in [0.4, 0.5) is 5.69 Å². The molecule has 0 radical (unpaired) electrons. The van der Waals surface area contributed by atoms with Crippen molar-refractivity contribution >= 4 is 17.6 Å². The van der Waals surface area contributed by atoms with Gasteiger partial charge in [0, 0.05) is 31.7 Å². The molecule has 1 aliphatic rings. The van der Waals surface area contributed by atoms with Crippen LogP contribution in [0.3, 0.4) is 0 Å². The topological polar surface area (TPSA) is 58.6 Å². The molecular formula is C16H22N2O3. The number of hydrogen-bond donors (Lipinski definition) is 1. The van der Waals surface area contributed by atoms with Crippen molar-refractivity contribution in [1.29, 1.82) is 0 Å². The molecule has 0 saturated carbocycles. The molecule has 1 aliphatic heterocycles. The third-order valence-corrected chi connectivity index (χ3v) is 3.72. The van der Waals surface area contributed by atoms with Gasteiger partial charge in [-0.25, -0.2) is 4.79 Å². The first-order valence-corrected chi connectivity index (χ1v) is 7.40. The standard InChI is InChI=1S/C16H22N2O3/c1-3-21-16(20)14-6-4-5-7-15(14)17-13-8-10-18(11-9-13)12(2)19/h4-7,13,17H,3,8-11H2,1-2H3. The largest absolute Gasteiger partial charge is 0.462 e. The summed E-state index contributed by atoms with van der Waals surface area (Å²) in [7, 11) is 0. The summed E-state index contributed by atoms with van der Waals surface area (Å²) >= 11 is 0. The minimum atomic E-state index is -0.304. The van der Waals surface area contributed by atoms with Crippen molar-refractivity contribution in [2.45, 2.75) is 32.7 Å². The molecule has 0 aromatic heterocycles. The van der Waals surface area contributed by atoms with Gasteiger partial charge in [0.25, 0.3) is 0 Å². The van der Waals surface area contributed by atoms with E-state index in [-0.39, 0.29) is 17.9 Å². The number of anilines is 1. The van der Waals surface area contributed by atoms with Crippen LogP contribution in [0.25, 0.3) is 0 Å². The molecule has 1 aromatic carbocycles. The summed E-state index contributed by atoms with van der Waals surface area (Å²) in [6.07, 6.45) is 1.77. The third-order valence-electron chi connectivity index (χ3n) is 3.72. The molecule has 0 unspecified atom stereocenters. The SMILES string of the molecule is CCOC(=O)c1ccccc1NC1CCN(C(C)=O)CC1. The molecule has 21 heavy (non-hydrogen) atoms. The van der Waals surface area contributed by atoms with E-state index in [0.29, 0.717) is 12.2 Å². The van der Waals surface area contributed by atoms with Crippen LogP contribution in [0.1, 0.15) is 37.0 Å². The Morgan fingerprint density at radius 1 is 1.29 bits per heavy atom. The van der Waals surface area contributed by atoms with E-state index in [0.717, 1.165) is 31.6 Å². The Balaban J connectivity index is 2.01. The molecule has 0 spiro atoms. The molecule has 1 saturated heterocycles. The zero-order chi connectivity index (χ0) is 15.2. The van der Waals surface area contributed by atoms with E-state index in [9.17, 15) is 9.59 Å². The molecule has 0 atom stereocenters. The van der Waals surface area contributed by atoms with Crippen molar-refractivity contribution in [3.8, 4) is 0 Å².